The minimum absolute atomic E-state index is 0.0115. The lowest BCUT2D eigenvalue weighted by Crippen LogP contribution is -2.55. The largest absolute Gasteiger partial charge is 0.465 e. The monoisotopic (exact) mass is 1090 g/mol. The first-order valence-electron chi connectivity index (χ1n) is 28.6. The number of carbonyl (C=O) groups excluding carboxylic acids is 3. The number of hydrogen-bond donors (Lipinski definition) is 2. The fourth-order valence-corrected chi connectivity index (χ4v) is 14.9. The predicted molar refractivity (Wildman–Crippen MR) is 296 cm³/mol. The number of nitrogens with zero attached hydrogens (tertiary/aromatic N) is 9. The standard InChI is InChI=1S/C61H66F2N10O7/c1-3-43-49(62)16-9-38-6-4-7-44(52(38)43)45-13-14-47-55(53(45)63)65-58(66-56(47)71-32-40-10-11-41(33-71)73(40)59(76)77)80-35-61-23-5-25-72(61)42(18-24-61)34-79-60(78)70-28-19-36(20-29-70)31-69-26-21-37(22-27-69)39-8-12-46-50(30-39)68(2)67-54(46)48-15-17-51(74)64-57(48)75/h1,4,6-9,12-14,16,30,36-37,40-42,48H,5,10-11,15,17-29,31-35H2,2H3,(H,76,77)(H,64,74,75)/t40?,41?,42-,48?,61-/m0/s1. The number of likely N-dealkylation sites (tertiary alicyclic amines) is 2. The van der Waals surface area contributed by atoms with Gasteiger partial charge >= 0.3 is 18.2 Å². The maximum Gasteiger partial charge on any atom is 0.409 e. The highest BCUT2D eigenvalue weighted by atomic mass is 19.1. The van der Waals surface area contributed by atoms with Gasteiger partial charge in [0, 0.05) is 74.0 Å². The van der Waals surface area contributed by atoms with E-state index in [1.54, 1.807) is 30.3 Å². The molecule has 0 saturated carbocycles. The Morgan fingerprint density at radius 3 is 2.42 bits per heavy atom. The molecule has 9 heterocycles. The molecule has 0 radical (unpaired) electrons. The van der Waals surface area contributed by atoms with Crippen LogP contribution in [0.3, 0.4) is 0 Å². The molecule has 19 heteroatoms. The number of terminal acetylenes is 1. The SMILES string of the molecule is C#Cc1c(F)ccc2cccc(-c3ccc4c(N5CC6CCC(C5)N6C(=O)O)nc(OC[C@@]56CCCN5[C@H](COC(=O)N5CCC(CN7CCC(c8ccc9c(C%10CCC(=O)NC%10=O)nn(C)c9c8)CC7)CC5)CC6)nc4c3F)c12. The highest BCUT2D eigenvalue weighted by molar-refractivity contribution is 6.04. The molecule has 4 amide bonds. The first kappa shape index (κ1) is 52.0. The minimum atomic E-state index is -0.947. The summed E-state index contributed by atoms with van der Waals surface area (Å²) in [5.74, 6) is 1.75. The van der Waals surface area contributed by atoms with Gasteiger partial charge in [0.25, 0.3) is 0 Å². The van der Waals surface area contributed by atoms with Crippen LogP contribution in [0.5, 0.6) is 6.01 Å². The number of halogens is 2. The highest BCUT2D eigenvalue weighted by Crippen LogP contribution is 2.45. The number of ether oxygens (including phenoxy) is 2. The smallest absolute Gasteiger partial charge is 0.409 e. The number of imide groups is 1. The number of aryl methyl sites for hydroxylation is 1. The highest BCUT2D eigenvalue weighted by Gasteiger charge is 2.51. The van der Waals surface area contributed by atoms with Crippen LogP contribution < -0.4 is 15.0 Å². The predicted octanol–water partition coefficient (Wildman–Crippen LogP) is 8.55. The average molecular weight is 1090 g/mol. The van der Waals surface area contributed by atoms with Gasteiger partial charge in [-0.2, -0.15) is 15.1 Å². The fraction of sp³-hybridized carbons (Fsp3) is 0.492. The van der Waals surface area contributed by atoms with Crippen molar-refractivity contribution in [2.75, 3.05) is 70.5 Å². The second-order valence-corrected chi connectivity index (χ2v) is 23.5. The quantitative estimate of drug-likeness (QED) is 0.0933. The van der Waals surface area contributed by atoms with Gasteiger partial charge in [-0.1, -0.05) is 48.4 Å². The van der Waals surface area contributed by atoms with E-state index < -0.39 is 23.6 Å². The molecule has 2 aromatic heterocycles. The number of aromatic nitrogens is 4. The van der Waals surface area contributed by atoms with Crippen LogP contribution in [0.25, 0.3) is 43.7 Å². The van der Waals surface area contributed by atoms with Gasteiger partial charge in [-0.05, 0) is 137 Å². The number of piperazine rings is 1. The maximum atomic E-state index is 17.4. The van der Waals surface area contributed by atoms with Crippen molar-refractivity contribution in [3.63, 3.8) is 0 Å². The Balaban J connectivity index is 0.635. The van der Waals surface area contributed by atoms with Crippen LogP contribution in [0.15, 0.2) is 60.7 Å². The zero-order valence-electron chi connectivity index (χ0n) is 45.0. The van der Waals surface area contributed by atoms with Gasteiger partial charge in [0.2, 0.25) is 11.8 Å². The number of carboxylic acid groups (broad SMARTS) is 1. The van der Waals surface area contributed by atoms with Gasteiger partial charge in [-0.25, -0.2) is 18.4 Å². The van der Waals surface area contributed by atoms with Gasteiger partial charge in [-0.3, -0.25) is 29.4 Å². The molecule has 7 saturated heterocycles. The summed E-state index contributed by atoms with van der Waals surface area (Å²) in [4.78, 5) is 70.5. The summed E-state index contributed by atoms with van der Waals surface area (Å²) in [7, 11) is 1.92. The molecule has 7 aliphatic heterocycles. The summed E-state index contributed by atoms with van der Waals surface area (Å²) >= 11 is 0. The van der Waals surface area contributed by atoms with Crippen molar-refractivity contribution >= 4 is 62.4 Å². The second-order valence-electron chi connectivity index (χ2n) is 23.5. The Hall–Kier alpha value is -7.43. The van der Waals surface area contributed by atoms with Crippen LogP contribution in [-0.2, 0) is 21.4 Å². The molecule has 7 fully saturated rings. The van der Waals surface area contributed by atoms with E-state index in [1.165, 1.54) is 16.5 Å². The molecule has 17 nitrogen and oxygen atoms in total. The van der Waals surface area contributed by atoms with Crippen molar-refractivity contribution in [3.8, 4) is 29.5 Å². The minimum Gasteiger partial charge on any atom is -0.465 e. The average Bonchev–Trinajstić information content (AvgIpc) is 4.25. The van der Waals surface area contributed by atoms with E-state index in [2.05, 4.69) is 39.2 Å². The Morgan fingerprint density at radius 2 is 1.66 bits per heavy atom. The molecule has 416 valence electrons. The molecule has 80 heavy (non-hydrogen) atoms. The number of hydrogen-bond acceptors (Lipinski definition) is 12. The molecule has 0 aliphatic carbocycles. The van der Waals surface area contributed by atoms with Crippen molar-refractivity contribution in [3.05, 3.63) is 89.1 Å². The van der Waals surface area contributed by atoms with Crippen molar-refractivity contribution in [2.45, 2.75) is 113 Å². The van der Waals surface area contributed by atoms with Crippen LogP contribution in [-0.4, -0.2) is 158 Å². The van der Waals surface area contributed by atoms with Crippen LogP contribution in [0.2, 0.25) is 0 Å². The van der Waals surface area contributed by atoms with Crippen molar-refractivity contribution in [1.82, 2.24) is 44.7 Å². The third kappa shape index (κ3) is 9.31. The Labute approximate surface area is 462 Å². The van der Waals surface area contributed by atoms with E-state index in [0.717, 1.165) is 107 Å². The molecular formula is C61H66F2N10O7. The zero-order chi connectivity index (χ0) is 55.0. The topological polar surface area (TPSA) is 179 Å². The van der Waals surface area contributed by atoms with E-state index in [-0.39, 0.29) is 77.4 Å². The van der Waals surface area contributed by atoms with E-state index in [0.29, 0.717) is 78.4 Å². The Bertz CT molecular complexity index is 3500. The van der Waals surface area contributed by atoms with Crippen LogP contribution in [0.4, 0.5) is 24.2 Å². The third-order valence-electron chi connectivity index (χ3n) is 19.0. The molecule has 4 aromatic carbocycles. The second kappa shape index (κ2) is 20.9. The van der Waals surface area contributed by atoms with Gasteiger partial charge in [0.1, 0.15) is 30.4 Å². The zero-order valence-corrected chi connectivity index (χ0v) is 45.0. The number of amides is 4. The molecule has 5 atom stereocenters. The molecular weight excluding hydrogens is 1020 g/mol. The van der Waals surface area contributed by atoms with Crippen molar-refractivity contribution in [2.24, 2.45) is 13.0 Å². The summed E-state index contributed by atoms with van der Waals surface area (Å²) in [6.45, 7) is 6.48. The molecule has 0 spiro atoms. The Morgan fingerprint density at radius 1 is 0.875 bits per heavy atom. The van der Waals surface area contributed by atoms with Gasteiger partial charge in [-0.15, -0.1) is 6.42 Å². The molecule has 3 unspecified atom stereocenters. The molecule has 6 aromatic rings. The van der Waals surface area contributed by atoms with E-state index >= 15 is 8.78 Å². The molecule has 2 bridgehead atoms. The van der Waals surface area contributed by atoms with E-state index in [9.17, 15) is 24.3 Å². The molecule has 2 N–H and O–H groups in total. The van der Waals surface area contributed by atoms with Crippen LogP contribution in [0, 0.1) is 29.9 Å². The van der Waals surface area contributed by atoms with Gasteiger partial charge < -0.3 is 29.3 Å². The van der Waals surface area contributed by atoms with Gasteiger partial charge in [0.15, 0.2) is 5.82 Å². The number of rotatable bonds is 11. The molecule has 13 rings (SSSR count). The normalized spacial score (nSPS) is 24.9. The lowest BCUT2D eigenvalue weighted by Gasteiger charge is -2.40. The number of anilines is 1. The summed E-state index contributed by atoms with van der Waals surface area (Å²) in [5, 5.41) is 19.8. The lowest BCUT2D eigenvalue weighted by atomic mass is 9.87. The molecule has 7 aliphatic rings. The van der Waals surface area contributed by atoms with Crippen molar-refractivity contribution in [1.29, 1.82) is 0 Å². The Kier molecular flexibility index (Phi) is 13.6. The third-order valence-corrected chi connectivity index (χ3v) is 19.0. The van der Waals surface area contributed by atoms with Crippen LogP contribution >= 0.6 is 0 Å². The van der Waals surface area contributed by atoms with Crippen LogP contribution in [0.1, 0.15) is 106 Å². The van der Waals surface area contributed by atoms with Crippen molar-refractivity contribution < 1.29 is 42.5 Å². The number of fused-ring (bicyclic) bond motifs is 6. The van der Waals surface area contributed by atoms with Gasteiger partial charge in [0.05, 0.1) is 40.3 Å². The summed E-state index contributed by atoms with van der Waals surface area (Å²) in [5.41, 5.74) is 3.39. The number of carbonyl (C=O) groups is 4. The lowest BCUT2D eigenvalue weighted by molar-refractivity contribution is -0.134. The van der Waals surface area contributed by atoms with E-state index in [1.807, 2.05) is 27.6 Å². The first-order chi connectivity index (χ1) is 38.8. The number of benzene rings is 4. The number of piperidine rings is 3. The van der Waals surface area contributed by atoms with E-state index in [4.69, 9.17) is 31.0 Å². The summed E-state index contributed by atoms with van der Waals surface area (Å²) < 4.78 is 47.1. The first-order valence-corrected chi connectivity index (χ1v) is 28.6. The summed E-state index contributed by atoms with van der Waals surface area (Å²) in [6.07, 6.45) is 14.3. The fourth-order valence-electron chi connectivity index (χ4n) is 14.9. The number of nitrogens with one attached hydrogen (secondary N) is 1. The summed E-state index contributed by atoms with van der Waals surface area (Å²) in [6, 6.07) is 17.8. The maximum absolute atomic E-state index is 17.4.